The van der Waals surface area contributed by atoms with Crippen LogP contribution in [0.4, 0.5) is 0 Å². The van der Waals surface area contributed by atoms with E-state index in [1.807, 2.05) is 0 Å². The molecule has 3 saturated heterocycles. The summed E-state index contributed by atoms with van der Waals surface area (Å²) < 4.78 is 34.9. The van der Waals surface area contributed by atoms with Gasteiger partial charge in [-0.25, -0.2) is 4.79 Å². The van der Waals surface area contributed by atoms with Crippen molar-refractivity contribution in [1.29, 1.82) is 0 Å². The highest BCUT2D eigenvalue weighted by Gasteiger charge is 2.60. The smallest absolute Gasteiger partial charge is 0.364 e. The monoisotopic (exact) mass is 1340 g/mol. The molecule has 23 nitrogen and oxygen atoms in total. The highest BCUT2D eigenvalue weighted by molar-refractivity contribution is 5.77. The van der Waals surface area contributed by atoms with Crippen molar-refractivity contribution in [2.24, 2.45) is 0 Å². The molecular weight excluding hydrogens is 1200 g/mol. The van der Waals surface area contributed by atoms with Gasteiger partial charge < -0.3 is 100 Å². The van der Waals surface area contributed by atoms with Gasteiger partial charge in [-0.3, -0.25) is 9.59 Å². The fraction of sp³-hybridized carbons (Fsp3) is 0.957. The predicted molar refractivity (Wildman–Crippen MR) is 352 cm³/mol. The number of ether oxygens (including phenoxy) is 6. The van der Waals surface area contributed by atoms with Gasteiger partial charge in [0.05, 0.1) is 50.7 Å². The van der Waals surface area contributed by atoms with Crippen molar-refractivity contribution in [1.82, 2.24) is 10.6 Å². The van der Waals surface area contributed by atoms with Crippen LogP contribution in [0.3, 0.4) is 0 Å². The average Bonchev–Trinajstić information content (AvgIpc) is 0.766. The fourth-order valence-corrected chi connectivity index (χ4v) is 13.2. The summed E-state index contributed by atoms with van der Waals surface area (Å²) in [6.07, 6.45) is 19.5. The summed E-state index contributed by atoms with van der Waals surface area (Å²) in [5, 5.41) is 136. The lowest BCUT2D eigenvalue weighted by Gasteiger charge is -2.50. The van der Waals surface area contributed by atoms with E-state index < -0.39 is 148 Å². The number of unbranched alkanes of at least 4 members (excludes halogenated alkanes) is 37. The molecule has 23 heteroatoms. The normalized spacial score (nSPS) is 28.0. The van der Waals surface area contributed by atoms with Crippen molar-refractivity contribution in [3.05, 3.63) is 0 Å². The molecule has 0 aliphatic carbocycles. The maximum absolute atomic E-state index is 13.5. The quantitative estimate of drug-likeness (QED) is 0.0260. The molecule has 0 aromatic heterocycles. The molecule has 3 aliphatic rings. The Bertz CT molecular complexity index is 1880. The minimum absolute atomic E-state index is 0.229. The third-order valence-corrected chi connectivity index (χ3v) is 19.1. The summed E-state index contributed by atoms with van der Waals surface area (Å²) in [5.41, 5.74) is 0. The molecule has 0 aromatic carbocycles. The maximum Gasteiger partial charge on any atom is 0.364 e. The number of amides is 2. The first kappa shape index (κ1) is 85.0. The lowest BCUT2D eigenvalue weighted by molar-refractivity contribution is -0.386. The number of carbonyl (C=O) groups is 3. The lowest BCUT2D eigenvalue weighted by atomic mass is 9.88. The second-order valence-electron chi connectivity index (χ2n) is 27.2. The molecule has 0 aromatic rings. The fourth-order valence-electron chi connectivity index (χ4n) is 13.2. The zero-order valence-electron chi connectivity index (χ0n) is 57.4. The van der Waals surface area contributed by atoms with Gasteiger partial charge in [0, 0.05) is 19.8 Å². The van der Waals surface area contributed by atoms with E-state index >= 15 is 0 Å². The molecule has 0 radical (unpaired) electrons. The number of aliphatic hydroxyl groups is 11. The van der Waals surface area contributed by atoms with E-state index in [0.29, 0.717) is 19.3 Å². The second-order valence-corrected chi connectivity index (χ2v) is 27.2. The zero-order valence-corrected chi connectivity index (χ0v) is 57.4. The van der Waals surface area contributed by atoms with Gasteiger partial charge >= 0.3 is 5.97 Å². The molecule has 0 spiro atoms. The second kappa shape index (κ2) is 51.0. The Balaban J connectivity index is 1.56. The molecule has 3 fully saturated rings. The van der Waals surface area contributed by atoms with Crippen molar-refractivity contribution < 1.29 is 104 Å². The van der Waals surface area contributed by atoms with Crippen molar-refractivity contribution in [2.45, 2.75) is 400 Å². The van der Waals surface area contributed by atoms with Crippen LogP contribution in [0.1, 0.15) is 290 Å². The van der Waals surface area contributed by atoms with Crippen molar-refractivity contribution in [2.75, 3.05) is 26.4 Å². The Morgan fingerprint density at radius 2 is 0.935 bits per heavy atom. The maximum atomic E-state index is 13.5. The van der Waals surface area contributed by atoms with E-state index in [1.54, 1.807) is 0 Å². The number of nitrogens with one attached hydrogen (secondary N) is 2. The summed E-state index contributed by atoms with van der Waals surface area (Å²) in [4.78, 5) is 38.6. The molecular formula is C70H132N2O21. The molecule has 2 amide bonds. The van der Waals surface area contributed by atoms with Crippen LogP contribution in [0.5, 0.6) is 0 Å². The number of aliphatic carboxylic acids is 1. The van der Waals surface area contributed by atoms with Gasteiger partial charge in [0.1, 0.15) is 67.1 Å². The summed E-state index contributed by atoms with van der Waals surface area (Å²) >= 11 is 0. The Labute approximate surface area is 557 Å². The Hall–Kier alpha value is -2.27. The van der Waals surface area contributed by atoms with Gasteiger partial charge in [-0.15, -0.1) is 0 Å². The topological polar surface area (TPSA) is 373 Å². The van der Waals surface area contributed by atoms with Crippen LogP contribution in [0.2, 0.25) is 0 Å². The van der Waals surface area contributed by atoms with Crippen LogP contribution in [-0.2, 0) is 42.8 Å². The molecule has 14 N–H and O–H groups in total. The van der Waals surface area contributed by atoms with Crippen LogP contribution < -0.4 is 10.6 Å². The summed E-state index contributed by atoms with van der Waals surface area (Å²) in [6, 6.07) is -2.52. The van der Waals surface area contributed by atoms with Crippen LogP contribution in [0.25, 0.3) is 0 Å². The van der Waals surface area contributed by atoms with Gasteiger partial charge in [-0.1, -0.05) is 258 Å². The molecule has 18 atom stereocenters. The summed E-state index contributed by atoms with van der Waals surface area (Å²) in [7, 11) is 0. The van der Waals surface area contributed by atoms with E-state index in [-0.39, 0.29) is 18.9 Å². The van der Waals surface area contributed by atoms with Gasteiger partial charge in [-0.2, -0.15) is 0 Å². The van der Waals surface area contributed by atoms with E-state index in [2.05, 4.69) is 24.5 Å². The number of carboxylic acids is 1. The van der Waals surface area contributed by atoms with Crippen LogP contribution in [0, 0.1) is 0 Å². The standard InChI is InChI=1S/C70H132N2O21/c1-4-6-8-10-12-14-16-18-20-22-24-25-26-28-30-32-34-36-38-40-42-44-57(80)72-51(52(77)43-41-39-37-35-33-31-29-27-23-21-19-17-15-13-11-9-7-5-2)49-88-67-62(84)61(83)64(56(48-75)90-67)91-68-63(85)66(60(82)55(47-74)89-68)93-70(69(86)87)45-53(78)58(71-50(3)76)65(92-70)59(81)54(79)46-73/h51-56,58-68,73-75,77-79,81-85H,4-49H2,1-3H3,(H,71,76)(H,72,80)(H,86,87). The van der Waals surface area contributed by atoms with Crippen molar-refractivity contribution in [3.63, 3.8) is 0 Å². The zero-order chi connectivity index (χ0) is 68.2. The Morgan fingerprint density at radius 3 is 1.34 bits per heavy atom. The number of carbonyl (C=O) groups excluding carboxylic acids is 2. The van der Waals surface area contributed by atoms with Crippen LogP contribution in [-0.4, -0.2) is 215 Å². The molecule has 3 heterocycles. The third kappa shape index (κ3) is 33.0. The number of carboxylic acid groups (broad SMARTS) is 1. The number of aliphatic hydroxyl groups excluding tert-OH is 11. The summed E-state index contributed by atoms with van der Waals surface area (Å²) in [5.74, 6) is -6.09. The first-order chi connectivity index (χ1) is 44.9. The number of hydrogen-bond donors (Lipinski definition) is 14. The highest BCUT2D eigenvalue weighted by atomic mass is 16.8. The molecule has 548 valence electrons. The molecule has 0 saturated carbocycles. The van der Waals surface area contributed by atoms with Crippen LogP contribution in [0.15, 0.2) is 0 Å². The van der Waals surface area contributed by atoms with Crippen molar-refractivity contribution in [3.8, 4) is 0 Å². The van der Waals surface area contributed by atoms with Gasteiger partial charge in [-0.05, 0) is 12.8 Å². The SMILES string of the molecule is CCCCCCCCCCCCCCCCCCCCCCCC(=O)NC(COC1OC(CO)C(OC2OC(CO)C(O)C(OC3(C(=O)O)CC(O)C(NC(C)=O)C(C(O)C(O)CO)O3)C2O)C(O)C1O)C(O)CCCCCCCCCCCCCCCCCCCC. The minimum atomic E-state index is -3.08. The van der Waals surface area contributed by atoms with E-state index in [0.717, 1.165) is 51.9 Å². The average molecular weight is 1340 g/mol. The van der Waals surface area contributed by atoms with Gasteiger partial charge in [0.25, 0.3) is 5.79 Å². The number of rotatable bonds is 57. The predicted octanol–water partition coefficient (Wildman–Crippen LogP) is 7.68. The highest BCUT2D eigenvalue weighted by Crippen LogP contribution is 2.39. The van der Waals surface area contributed by atoms with E-state index in [9.17, 15) is 75.7 Å². The van der Waals surface area contributed by atoms with E-state index in [4.69, 9.17) is 28.4 Å². The molecule has 93 heavy (non-hydrogen) atoms. The largest absolute Gasteiger partial charge is 0.477 e. The number of hydrogen-bond acceptors (Lipinski definition) is 20. The van der Waals surface area contributed by atoms with Crippen LogP contribution >= 0.6 is 0 Å². The first-order valence-corrected chi connectivity index (χ1v) is 36.9. The lowest BCUT2D eigenvalue weighted by Crippen LogP contribution is -2.70. The molecule has 0 bridgehead atoms. The minimum Gasteiger partial charge on any atom is -0.477 e. The van der Waals surface area contributed by atoms with Gasteiger partial charge in [0.15, 0.2) is 12.6 Å². The molecule has 3 aliphatic heterocycles. The van der Waals surface area contributed by atoms with E-state index in [1.165, 1.54) is 193 Å². The molecule has 18 unspecified atom stereocenters. The summed E-state index contributed by atoms with van der Waals surface area (Å²) in [6.45, 7) is 2.24. The van der Waals surface area contributed by atoms with Gasteiger partial charge in [0.2, 0.25) is 11.8 Å². The third-order valence-electron chi connectivity index (χ3n) is 19.1. The Kier molecular flexibility index (Phi) is 46.6. The first-order valence-electron chi connectivity index (χ1n) is 36.9. The van der Waals surface area contributed by atoms with Crippen molar-refractivity contribution >= 4 is 17.8 Å². The Morgan fingerprint density at radius 1 is 0.516 bits per heavy atom. The molecule has 3 rings (SSSR count).